The van der Waals surface area contributed by atoms with E-state index < -0.39 is 25.3 Å². The zero-order chi connectivity index (χ0) is 24.2. The molecule has 2 unspecified atom stereocenters. The molecule has 2 aromatic rings. The summed E-state index contributed by atoms with van der Waals surface area (Å²) in [5, 5.41) is 21.9. The Kier molecular flexibility index (Phi) is 8.93. The summed E-state index contributed by atoms with van der Waals surface area (Å²) in [6.07, 6.45) is 0.234. The van der Waals surface area contributed by atoms with Gasteiger partial charge in [-0.1, -0.05) is 13.8 Å². The predicted molar refractivity (Wildman–Crippen MR) is 128 cm³/mol. The number of hydrogen-bond acceptors (Lipinski definition) is 5. The number of aliphatic carboxylic acids is 1. The molecule has 4 N–H and O–H groups in total. The summed E-state index contributed by atoms with van der Waals surface area (Å²) in [5.74, 6) is -1.59. The molecule has 0 aliphatic carbocycles. The number of carboxylic acid groups (broad SMARTS) is 1. The van der Waals surface area contributed by atoms with Crippen molar-refractivity contribution in [3.05, 3.63) is 50.4 Å². The van der Waals surface area contributed by atoms with Crippen LogP contribution in [-0.2, 0) is 15.5 Å². The number of carbonyl (C=O) groups is 2. The third-order valence-corrected chi connectivity index (χ3v) is 6.41. The summed E-state index contributed by atoms with van der Waals surface area (Å²) in [7, 11) is -3.26. The third-order valence-electron chi connectivity index (χ3n) is 4.28. The Morgan fingerprint density at radius 1 is 1.16 bits per heavy atom. The molecule has 2 atom stereocenters. The average molecular weight is 593 g/mol. The molecule has 0 aromatic heterocycles. The van der Waals surface area contributed by atoms with Crippen LogP contribution >= 0.6 is 39.2 Å². The van der Waals surface area contributed by atoms with Gasteiger partial charge in [0.15, 0.2) is 5.75 Å². The van der Waals surface area contributed by atoms with Gasteiger partial charge < -0.3 is 25.2 Å². The summed E-state index contributed by atoms with van der Waals surface area (Å²) in [6.45, 7) is 4.96. The fourth-order valence-electron chi connectivity index (χ4n) is 2.95. The second-order valence-corrected chi connectivity index (χ2v) is 12.0. The molecule has 0 spiro atoms. The molecular formula is C21H24Br2NO7P. The first kappa shape index (κ1) is 26.4. The van der Waals surface area contributed by atoms with Gasteiger partial charge in [-0.15, -0.1) is 0 Å². The number of aromatic hydroxyl groups is 1. The molecule has 1 amide bonds. The van der Waals surface area contributed by atoms with E-state index in [1.165, 1.54) is 24.9 Å². The first-order valence-electron chi connectivity index (χ1n) is 9.58. The number of phenols is 1. The van der Waals surface area contributed by atoms with Gasteiger partial charge >= 0.3 is 5.97 Å². The van der Waals surface area contributed by atoms with Gasteiger partial charge in [-0.3, -0.25) is 9.36 Å². The van der Waals surface area contributed by atoms with E-state index in [2.05, 4.69) is 37.2 Å². The van der Waals surface area contributed by atoms with E-state index in [-0.39, 0.29) is 35.6 Å². The first-order valence-corrected chi connectivity index (χ1v) is 13.5. The van der Waals surface area contributed by atoms with Crippen molar-refractivity contribution in [2.45, 2.75) is 32.5 Å². The molecule has 0 saturated carbocycles. The van der Waals surface area contributed by atoms with Crippen molar-refractivity contribution in [3.8, 4) is 17.2 Å². The van der Waals surface area contributed by atoms with Crippen LogP contribution in [0.1, 0.15) is 36.2 Å². The number of carboxylic acids is 1. The van der Waals surface area contributed by atoms with Crippen molar-refractivity contribution >= 4 is 51.1 Å². The highest BCUT2D eigenvalue weighted by molar-refractivity contribution is 9.11. The van der Waals surface area contributed by atoms with E-state index in [4.69, 9.17) is 4.74 Å². The molecule has 0 saturated heterocycles. The summed E-state index contributed by atoms with van der Waals surface area (Å²) in [6, 6.07) is 6.25. The summed E-state index contributed by atoms with van der Waals surface area (Å²) < 4.78 is 18.6. The molecule has 0 heterocycles. The molecule has 174 valence electrons. The van der Waals surface area contributed by atoms with E-state index in [1.54, 1.807) is 12.1 Å². The molecular weight excluding hydrogens is 569 g/mol. The van der Waals surface area contributed by atoms with E-state index in [0.29, 0.717) is 20.3 Å². The van der Waals surface area contributed by atoms with Crippen LogP contribution in [0.4, 0.5) is 0 Å². The number of hydrogen-bond donors (Lipinski definition) is 4. The molecule has 0 radical (unpaired) electrons. The van der Waals surface area contributed by atoms with E-state index in [0.717, 1.165) is 0 Å². The van der Waals surface area contributed by atoms with Crippen molar-refractivity contribution in [2.24, 2.45) is 5.92 Å². The van der Waals surface area contributed by atoms with Crippen LogP contribution in [0, 0.1) is 5.92 Å². The van der Waals surface area contributed by atoms with Crippen LogP contribution in [0.15, 0.2) is 39.3 Å². The number of nitrogens with one attached hydrogen (secondary N) is 1. The van der Waals surface area contributed by atoms with Crippen molar-refractivity contribution in [1.29, 1.82) is 0 Å². The Morgan fingerprint density at radius 2 is 1.75 bits per heavy atom. The van der Waals surface area contributed by atoms with Crippen LogP contribution in [-0.4, -0.2) is 39.7 Å². The number of amides is 1. The highest BCUT2D eigenvalue weighted by Crippen LogP contribution is 2.44. The molecule has 0 aliphatic heterocycles. The fraction of sp³-hybridized carbons (Fsp3) is 0.333. The van der Waals surface area contributed by atoms with E-state index >= 15 is 0 Å². The highest BCUT2D eigenvalue weighted by atomic mass is 79.9. The normalized spacial score (nSPS) is 14.0. The summed E-state index contributed by atoms with van der Waals surface area (Å²) in [5.41, 5.74) is 0.494. The Morgan fingerprint density at radius 3 is 2.25 bits per heavy atom. The van der Waals surface area contributed by atoms with E-state index in [9.17, 15) is 29.3 Å². The van der Waals surface area contributed by atoms with Gasteiger partial charge in [-0.05, 0) is 80.1 Å². The number of halogens is 2. The Balaban J connectivity index is 2.29. The molecule has 0 aliphatic rings. The van der Waals surface area contributed by atoms with Gasteiger partial charge in [0, 0.05) is 12.8 Å². The maximum Gasteiger partial charge on any atom is 0.326 e. The molecule has 32 heavy (non-hydrogen) atoms. The average Bonchev–Trinajstić information content (AvgIpc) is 2.63. The number of benzene rings is 2. The maximum atomic E-state index is 12.6. The lowest BCUT2D eigenvalue weighted by molar-refractivity contribution is -0.139. The van der Waals surface area contributed by atoms with Crippen LogP contribution in [0.5, 0.6) is 17.2 Å². The highest BCUT2D eigenvalue weighted by Gasteiger charge is 2.24. The molecule has 0 bridgehead atoms. The number of rotatable bonds is 9. The minimum Gasteiger partial charge on any atom is -0.507 e. The van der Waals surface area contributed by atoms with Gasteiger partial charge in [-0.25, -0.2) is 4.79 Å². The molecule has 2 aromatic carbocycles. The van der Waals surface area contributed by atoms with Gasteiger partial charge in [0.2, 0.25) is 7.37 Å². The minimum atomic E-state index is -3.26. The lowest BCUT2D eigenvalue weighted by Crippen LogP contribution is -2.41. The van der Waals surface area contributed by atoms with Gasteiger partial charge in [0.25, 0.3) is 5.91 Å². The lowest BCUT2D eigenvalue weighted by Gasteiger charge is -2.17. The maximum absolute atomic E-state index is 12.6. The quantitative estimate of drug-likeness (QED) is 0.289. The van der Waals surface area contributed by atoms with Crippen molar-refractivity contribution < 1.29 is 34.0 Å². The second kappa shape index (κ2) is 10.8. The monoisotopic (exact) mass is 591 g/mol. The summed E-state index contributed by atoms with van der Waals surface area (Å²) in [4.78, 5) is 33.7. The van der Waals surface area contributed by atoms with Crippen molar-refractivity contribution in [1.82, 2.24) is 5.32 Å². The SMILES string of the molecule is CC(C)CC(NC(=O)c1cc(Oc2c(Br)cc(CP(C)(=O)O)cc2Br)ccc1O)C(=O)O. The van der Waals surface area contributed by atoms with E-state index in [1.807, 2.05) is 13.8 Å². The lowest BCUT2D eigenvalue weighted by atomic mass is 10.0. The Labute approximate surface area is 202 Å². The zero-order valence-electron chi connectivity index (χ0n) is 17.6. The van der Waals surface area contributed by atoms with Gasteiger partial charge in [0.1, 0.15) is 17.5 Å². The van der Waals surface area contributed by atoms with Crippen LogP contribution in [0.3, 0.4) is 0 Å². The molecule has 11 heteroatoms. The molecule has 0 fully saturated rings. The van der Waals surface area contributed by atoms with Crippen molar-refractivity contribution in [3.63, 3.8) is 0 Å². The first-order chi connectivity index (χ1) is 14.8. The van der Waals surface area contributed by atoms with Gasteiger partial charge in [-0.2, -0.15) is 0 Å². The zero-order valence-corrected chi connectivity index (χ0v) is 21.7. The standard InChI is InChI=1S/C21H24Br2NO7P/c1-11(2)6-17(21(27)28)24-20(26)14-9-13(4-5-18(14)25)31-19-15(22)7-12(8-16(19)23)10-32(3,29)30/h4-5,7-9,11,17,25H,6,10H2,1-3H3,(H,24,26)(H,27,28)(H,29,30). The Bertz CT molecular complexity index is 1050. The number of phenolic OH excluding ortho intramolecular Hbond substituents is 1. The van der Waals surface area contributed by atoms with Crippen LogP contribution in [0.2, 0.25) is 0 Å². The van der Waals surface area contributed by atoms with Crippen LogP contribution < -0.4 is 10.1 Å². The summed E-state index contributed by atoms with van der Waals surface area (Å²) >= 11 is 6.75. The third kappa shape index (κ3) is 7.62. The molecule has 2 rings (SSSR count). The predicted octanol–water partition coefficient (Wildman–Crippen LogP) is 5.34. The fourth-order valence-corrected chi connectivity index (χ4v) is 5.25. The second-order valence-electron chi connectivity index (χ2n) is 7.87. The Hall–Kier alpha value is -1.87. The number of ether oxygens (including phenoxy) is 1. The van der Waals surface area contributed by atoms with Gasteiger partial charge in [0.05, 0.1) is 14.5 Å². The van der Waals surface area contributed by atoms with Crippen LogP contribution in [0.25, 0.3) is 0 Å². The minimum absolute atomic E-state index is 0.00483. The molecule has 8 nitrogen and oxygen atoms in total. The number of carbonyl (C=O) groups excluding carboxylic acids is 1. The topological polar surface area (TPSA) is 133 Å². The largest absolute Gasteiger partial charge is 0.507 e. The van der Waals surface area contributed by atoms with Crippen molar-refractivity contribution in [2.75, 3.05) is 6.66 Å². The smallest absolute Gasteiger partial charge is 0.326 e.